The number of benzene rings is 1. The van der Waals surface area contributed by atoms with E-state index in [4.69, 9.17) is 0 Å². The first-order valence-corrected chi connectivity index (χ1v) is 5.91. The maximum Gasteiger partial charge on any atom is 0.337 e. The first-order chi connectivity index (χ1) is 9.15. The average molecular weight is 261 g/mol. The van der Waals surface area contributed by atoms with Gasteiger partial charge in [0.1, 0.15) is 0 Å². The van der Waals surface area contributed by atoms with Crippen LogP contribution in [0.5, 0.6) is 0 Å². The van der Waals surface area contributed by atoms with Crippen LogP contribution < -0.4 is 0 Å². The molecule has 0 amide bonds. The van der Waals surface area contributed by atoms with Crippen molar-refractivity contribution in [2.45, 2.75) is 12.8 Å². The summed E-state index contributed by atoms with van der Waals surface area (Å²) in [6.07, 6.45) is 2.78. The van der Waals surface area contributed by atoms with E-state index in [1.807, 2.05) is 12.3 Å². The molecule has 0 aliphatic carbocycles. The van der Waals surface area contributed by atoms with Crippen LogP contribution in [0.25, 0.3) is 10.9 Å². The SMILES string of the molecule is COC(=O)CCc1c[nH]c2cc(C(=O)OC)ccc12. The summed E-state index contributed by atoms with van der Waals surface area (Å²) in [5.74, 6) is -0.604. The number of methoxy groups -OCH3 is 2. The highest BCUT2D eigenvalue weighted by Crippen LogP contribution is 2.21. The van der Waals surface area contributed by atoms with Crippen molar-refractivity contribution in [3.8, 4) is 0 Å². The van der Waals surface area contributed by atoms with Gasteiger partial charge in [-0.2, -0.15) is 0 Å². The minimum absolute atomic E-state index is 0.236. The third-order valence-electron chi connectivity index (χ3n) is 3.01. The number of aromatic amines is 1. The molecule has 2 rings (SSSR count). The quantitative estimate of drug-likeness (QED) is 0.855. The molecule has 5 nitrogen and oxygen atoms in total. The van der Waals surface area contributed by atoms with Gasteiger partial charge in [-0.3, -0.25) is 4.79 Å². The molecule has 1 aromatic carbocycles. The van der Waals surface area contributed by atoms with E-state index in [1.54, 1.807) is 12.1 Å². The van der Waals surface area contributed by atoms with E-state index < -0.39 is 0 Å². The van der Waals surface area contributed by atoms with Crippen molar-refractivity contribution in [3.63, 3.8) is 0 Å². The summed E-state index contributed by atoms with van der Waals surface area (Å²) in [5.41, 5.74) is 2.37. The summed E-state index contributed by atoms with van der Waals surface area (Å²) in [4.78, 5) is 25.6. The highest BCUT2D eigenvalue weighted by atomic mass is 16.5. The molecule has 0 radical (unpaired) electrons. The highest BCUT2D eigenvalue weighted by Gasteiger charge is 2.10. The zero-order valence-corrected chi connectivity index (χ0v) is 10.9. The Morgan fingerprint density at radius 2 is 2.00 bits per heavy atom. The summed E-state index contributed by atoms with van der Waals surface area (Å²) in [6.45, 7) is 0. The molecule has 0 fully saturated rings. The predicted octanol–water partition coefficient (Wildman–Crippen LogP) is 2.06. The number of hydrogen-bond donors (Lipinski definition) is 1. The molecule has 0 aliphatic rings. The van der Waals surface area contributed by atoms with Gasteiger partial charge in [0.15, 0.2) is 0 Å². The Bertz CT molecular complexity index is 615. The number of esters is 2. The topological polar surface area (TPSA) is 68.4 Å². The molecule has 1 heterocycles. The second-order valence-corrected chi connectivity index (χ2v) is 4.14. The fourth-order valence-electron chi connectivity index (χ4n) is 1.98. The molecule has 0 saturated carbocycles. The molecule has 0 bridgehead atoms. The van der Waals surface area contributed by atoms with Gasteiger partial charge in [0.25, 0.3) is 0 Å². The van der Waals surface area contributed by atoms with Gasteiger partial charge >= 0.3 is 11.9 Å². The molecular weight excluding hydrogens is 246 g/mol. The number of aryl methyl sites for hydroxylation is 1. The van der Waals surface area contributed by atoms with Crippen molar-refractivity contribution < 1.29 is 19.1 Å². The lowest BCUT2D eigenvalue weighted by atomic mass is 10.1. The molecule has 0 spiro atoms. The van der Waals surface area contributed by atoms with Gasteiger partial charge in [-0.15, -0.1) is 0 Å². The van der Waals surface area contributed by atoms with Crippen LogP contribution in [-0.2, 0) is 20.7 Å². The molecule has 2 aromatic rings. The Hall–Kier alpha value is -2.30. The van der Waals surface area contributed by atoms with Crippen LogP contribution in [0.2, 0.25) is 0 Å². The van der Waals surface area contributed by atoms with Gasteiger partial charge in [0.2, 0.25) is 0 Å². The second kappa shape index (κ2) is 5.56. The minimum Gasteiger partial charge on any atom is -0.469 e. The first-order valence-electron chi connectivity index (χ1n) is 5.91. The molecule has 0 unspecified atom stereocenters. The first kappa shape index (κ1) is 13.1. The average Bonchev–Trinajstić information content (AvgIpc) is 2.86. The number of aromatic nitrogens is 1. The molecule has 1 N–H and O–H groups in total. The standard InChI is InChI=1S/C14H15NO4/c1-18-13(16)6-4-10-8-15-12-7-9(14(17)19-2)3-5-11(10)12/h3,5,7-8,15H,4,6H2,1-2H3. The van der Waals surface area contributed by atoms with Gasteiger partial charge in [0.05, 0.1) is 19.8 Å². The van der Waals surface area contributed by atoms with Crippen LogP contribution in [0.3, 0.4) is 0 Å². The van der Waals surface area contributed by atoms with Crippen molar-refractivity contribution in [1.82, 2.24) is 4.98 Å². The molecule has 5 heteroatoms. The molecule has 0 atom stereocenters. The Labute approximate surface area is 110 Å². The van der Waals surface area contributed by atoms with Gasteiger partial charge in [-0.05, 0) is 24.1 Å². The van der Waals surface area contributed by atoms with Crippen molar-refractivity contribution >= 4 is 22.8 Å². The normalized spacial score (nSPS) is 10.4. The van der Waals surface area contributed by atoms with Crippen LogP contribution in [0.4, 0.5) is 0 Å². The number of fused-ring (bicyclic) bond motifs is 1. The van der Waals surface area contributed by atoms with Crippen LogP contribution in [0, 0.1) is 0 Å². The Morgan fingerprint density at radius 3 is 2.68 bits per heavy atom. The number of H-pyrrole nitrogens is 1. The fourth-order valence-corrected chi connectivity index (χ4v) is 1.98. The number of carbonyl (C=O) groups excluding carboxylic acids is 2. The molecule has 100 valence electrons. The summed E-state index contributed by atoms with van der Waals surface area (Å²) in [7, 11) is 2.73. The number of rotatable bonds is 4. The Kier molecular flexibility index (Phi) is 3.85. The third-order valence-corrected chi connectivity index (χ3v) is 3.01. The largest absolute Gasteiger partial charge is 0.469 e. The van der Waals surface area contributed by atoms with Crippen molar-refractivity contribution in [1.29, 1.82) is 0 Å². The van der Waals surface area contributed by atoms with E-state index >= 15 is 0 Å². The lowest BCUT2D eigenvalue weighted by molar-refractivity contribution is -0.140. The highest BCUT2D eigenvalue weighted by molar-refractivity contribution is 5.95. The van der Waals surface area contributed by atoms with Crippen LogP contribution in [0.15, 0.2) is 24.4 Å². The summed E-state index contributed by atoms with van der Waals surface area (Å²) in [5, 5.41) is 0.997. The number of carbonyl (C=O) groups is 2. The van der Waals surface area contributed by atoms with E-state index in [0.29, 0.717) is 18.4 Å². The zero-order chi connectivity index (χ0) is 13.8. The number of nitrogens with one attached hydrogen (secondary N) is 1. The van der Waals surface area contributed by atoms with Crippen LogP contribution in [0.1, 0.15) is 22.3 Å². The number of ether oxygens (including phenoxy) is 2. The van der Waals surface area contributed by atoms with E-state index in [-0.39, 0.29) is 11.9 Å². The molecule has 1 aromatic heterocycles. The Balaban J connectivity index is 2.24. The Morgan fingerprint density at radius 1 is 1.21 bits per heavy atom. The molecule has 19 heavy (non-hydrogen) atoms. The lowest BCUT2D eigenvalue weighted by Gasteiger charge is -2.01. The van der Waals surface area contributed by atoms with Gasteiger partial charge in [-0.25, -0.2) is 4.79 Å². The molecule has 0 aliphatic heterocycles. The van der Waals surface area contributed by atoms with Crippen molar-refractivity contribution in [2.24, 2.45) is 0 Å². The number of hydrogen-bond acceptors (Lipinski definition) is 4. The van der Waals surface area contributed by atoms with E-state index in [0.717, 1.165) is 16.5 Å². The van der Waals surface area contributed by atoms with Crippen molar-refractivity contribution in [3.05, 3.63) is 35.5 Å². The van der Waals surface area contributed by atoms with Gasteiger partial charge in [0, 0.05) is 23.5 Å². The third kappa shape index (κ3) is 2.76. The lowest BCUT2D eigenvalue weighted by Crippen LogP contribution is -2.02. The second-order valence-electron chi connectivity index (χ2n) is 4.14. The fraction of sp³-hybridized carbons (Fsp3) is 0.286. The maximum absolute atomic E-state index is 11.4. The predicted molar refractivity (Wildman–Crippen MR) is 70.0 cm³/mol. The van der Waals surface area contributed by atoms with E-state index in [1.165, 1.54) is 14.2 Å². The summed E-state index contributed by atoms with van der Waals surface area (Å²) >= 11 is 0. The van der Waals surface area contributed by atoms with Crippen LogP contribution >= 0.6 is 0 Å². The summed E-state index contributed by atoms with van der Waals surface area (Å²) < 4.78 is 9.29. The van der Waals surface area contributed by atoms with Gasteiger partial charge < -0.3 is 14.5 Å². The monoisotopic (exact) mass is 261 g/mol. The smallest absolute Gasteiger partial charge is 0.337 e. The van der Waals surface area contributed by atoms with Crippen LogP contribution in [-0.4, -0.2) is 31.1 Å². The maximum atomic E-state index is 11.4. The molecule has 0 saturated heterocycles. The van der Waals surface area contributed by atoms with E-state index in [2.05, 4.69) is 14.5 Å². The molecular formula is C14H15NO4. The van der Waals surface area contributed by atoms with Crippen molar-refractivity contribution in [2.75, 3.05) is 14.2 Å². The summed E-state index contributed by atoms with van der Waals surface area (Å²) in [6, 6.07) is 5.30. The van der Waals surface area contributed by atoms with E-state index in [9.17, 15) is 9.59 Å². The van der Waals surface area contributed by atoms with Gasteiger partial charge in [-0.1, -0.05) is 6.07 Å². The zero-order valence-electron chi connectivity index (χ0n) is 10.9. The minimum atomic E-state index is -0.368.